The third-order valence-electron chi connectivity index (χ3n) is 1.01. The smallest absolute Gasteiger partial charge is 0.315 e. The predicted octanol–water partition coefficient (Wildman–Crippen LogP) is 0.739. The highest BCUT2D eigenvalue weighted by atomic mass is 16.2. The summed E-state index contributed by atoms with van der Waals surface area (Å²) in [6, 6.07) is -0.445. The summed E-state index contributed by atoms with van der Waals surface area (Å²) in [4.78, 5) is 12.0. The van der Waals surface area contributed by atoms with Crippen LogP contribution in [-0.2, 0) is 0 Å². The Bertz CT molecular complexity index is 133. The van der Waals surface area contributed by atoms with Crippen molar-refractivity contribution in [2.24, 2.45) is 5.73 Å². The van der Waals surface area contributed by atoms with Crippen LogP contribution in [0.5, 0.6) is 0 Å². The molecule has 56 valence electrons. The number of hydrogen-bond donors (Lipinski definition) is 1. The molecule has 0 bridgehead atoms. The van der Waals surface area contributed by atoms with E-state index in [4.69, 9.17) is 5.73 Å². The average Bonchev–Trinajstić information content (AvgIpc) is 1.87. The number of carbonyl (C=O) groups is 1. The quantitative estimate of drug-likeness (QED) is 0.575. The van der Waals surface area contributed by atoms with Crippen LogP contribution >= 0.6 is 0 Å². The second-order valence-corrected chi connectivity index (χ2v) is 1.82. The van der Waals surface area contributed by atoms with Gasteiger partial charge in [0.25, 0.3) is 0 Å². The number of nitrogens with zero attached hydrogens (tertiary/aromatic N) is 1. The SMILES string of the molecule is C=CCN(CC=C)C(N)=O. The maximum Gasteiger partial charge on any atom is 0.315 e. The van der Waals surface area contributed by atoms with Gasteiger partial charge in [0, 0.05) is 13.1 Å². The minimum atomic E-state index is -0.445. The third kappa shape index (κ3) is 2.91. The number of carbonyl (C=O) groups excluding carboxylic acids is 1. The van der Waals surface area contributed by atoms with Gasteiger partial charge in [-0.3, -0.25) is 0 Å². The molecule has 0 aromatic carbocycles. The van der Waals surface area contributed by atoms with Gasteiger partial charge in [-0.1, -0.05) is 12.2 Å². The van der Waals surface area contributed by atoms with E-state index in [0.717, 1.165) is 0 Å². The molecule has 0 radical (unpaired) electrons. The van der Waals surface area contributed by atoms with E-state index in [9.17, 15) is 4.79 Å². The van der Waals surface area contributed by atoms with E-state index >= 15 is 0 Å². The highest BCUT2D eigenvalue weighted by Crippen LogP contribution is 1.86. The molecule has 2 N–H and O–H groups in total. The molecule has 0 atom stereocenters. The van der Waals surface area contributed by atoms with Crippen LogP contribution in [0.1, 0.15) is 0 Å². The van der Waals surface area contributed by atoms with E-state index in [2.05, 4.69) is 13.2 Å². The van der Waals surface area contributed by atoms with Crippen LogP contribution < -0.4 is 5.73 Å². The summed E-state index contributed by atoms with van der Waals surface area (Å²) in [5.74, 6) is 0. The summed E-state index contributed by atoms with van der Waals surface area (Å²) < 4.78 is 0. The third-order valence-corrected chi connectivity index (χ3v) is 1.01. The largest absolute Gasteiger partial charge is 0.351 e. The molecular weight excluding hydrogens is 128 g/mol. The van der Waals surface area contributed by atoms with Gasteiger partial charge in [-0.15, -0.1) is 13.2 Å². The van der Waals surface area contributed by atoms with Gasteiger partial charge in [-0.25, -0.2) is 4.79 Å². The molecule has 0 saturated heterocycles. The zero-order chi connectivity index (χ0) is 7.98. The number of nitrogens with two attached hydrogens (primary N) is 1. The van der Waals surface area contributed by atoms with Crippen LogP contribution in [0.2, 0.25) is 0 Å². The highest BCUT2D eigenvalue weighted by molar-refractivity contribution is 5.72. The lowest BCUT2D eigenvalue weighted by Crippen LogP contribution is -2.35. The van der Waals surface area contributed by atoms with E-state index in [1.807, 2.05) is 0 Å². The Morgan fingerprint density at radius 3 is 2.00 bits per heavy atom. The number of primary amides is 1. The fourth-order valence-corrected chi connectivity index (χ4v) is 0.566. The summed E-state index contributed by atoms with van der Waals surface area (Å²) in [5, 5.41) is 0. The Morgan fingerprint density at radius 2 is 1.80 bits per heavy atom. The van der Waals surface area contributed by atoms with Crippen molar-refractivity contribution in [3.05, 3.63) is 25.3 Å². The molecule has 3 nitrogen and oxygen atoms in total. The zero-order valence-corrected chi connectivity index (χ0v) is 5.92. The number of hydrogen-bond acceptors (Lipinski definition) is 1. The van der Waals surface area contributed by atoms with Crippen molar-refractivity contribution in [2.45, 2.75) is 0 Å². The normalized spacial score (nSPS) is 8.40. The molecule has 0 unspecified atom stereocenters. The number of rotatable bonds is 4. The first kappa shape index (κ1) is 8.75. The van der Waals surface area contributed by atoms with Crippen molar-refractivity contribution in [3.8, 4) is 0 Å². The second kappa shape index (κ2) is 4.61. The number of urea groups is 1. The molecule has 0 heterocycles. The first-order valence-corrected chi connectivity index (χ1v) is 2.98. The Morgan fingerprint density at radius 1 is 1.40 bits per heavy atom. The summed E-state index contributed by atoms with van der Waals surface area (Å²) in [7, 11) is 0. The lowest BCUT2D eigenvalue weighted by atomic mass is 10.5. The Kier molecular flexibility index (Phi) is 4.04. The van der Waals surface area contributed by atoms with Crippen LogP contribution in [0, 0.1) is 0 Å². The fourth-order valence-electron chi connectivity index (χ4n) is 0.566. The average molecular weight is 140 g/mol. The van der Waals surface area contributed by atoms with Crippen LogP contribution in [0.4, 0.5) is 4.79 Å². The predicted molar refractivity (Wildman–Crippen MR) is 41.6 cm³/mol. The lowest BCUT2D eigenvalue weighted by Gasteiger charge is -2.15. The van der Waals surface area contributed by atoms with Crippen LogP contribution in [0.15, 0.2) is 25.3 Å². The van der Waals surface area contributed by atoms with Crippen LogP contribution in [0.25, 0.3) is 0 Å². The Labute approximate surface area is 60.8 Å². The monoisotopic (exact) mass is 140 g/mol. The van der Waals surface area contributed by atoms with Gasteiger partial charge in [0.1, 0.15) is 0 Å². The van der Waals surface area contributed by atoms with E-state index in [1.54, 1.807) is 12.2 Å². The van der Waals surface area contributed by atoms with Crippen molar-refractivity contribution in [2.75, 3.05) is 13.1 Å². The van der Waals surface area contributed by atoms with Gasteiger partial charge in [0.05, 0.1) is 0 Å². The summed E-state index contributed by atoms with van der Waals surface area (Å²) in [5.41, 5.74) is 5.00. The molecule has 0 fully saturated rings. The summed E-state index contributed by atoms with van der Waals surface area (Å²) >= 11 is 0. The molecule has 2 amide bonds. The molecule has 0 aliphatic rings. The Balaban J connectivity index is 3.83. The molecule has 0 aromatic rings. The van der Waals surface area contributed by atoms with E-state index in [1.165, 1.54) is 4.90 Å². The maximum absolute atomic E-state index is 10.5. The van der Waals surface area contributed by atoms with Gasteiger partial charge < -0.3 is 10.6 Å². The fraction of sp³-hybridized carbons (Fsp3) is 0.286. The second-order valence-electron chi connectivity index (χ2n) is 1.82. The van der Waals surface area contributed by atoms with Gasteiger partial charge in [0.2, 0.25) is 0 Å². The van der Waals surface area contributed by atoms with Crippen molar-refractivity contribution in [1.82, 2.24) is 4.90 Å². The zero-order valence-electron chi connectivity index (χ0n) is 5.92. The molecule has 0 aliphatic heterocycles. The molecule has 3 heteroatoms. The number of amides is 2. The topological polar surface area (TPSA) is 46.3 Å². The first-order chi connectivity index (χ1) is 4.72. The Hall–Kier alpha value is -1.25. The minimum Gasteiger partial charge on any atom is -0.351 e. The molecule has 0 aromatic heterocycles. The van der Waals surface area contributed by atoms with E-state index in [0.29, 0.717) is 13.1 Å². The van der Waals surface area contributed by atoms with Gasteiger partial charge >= 0.3 is 6.03 Å². The molecule has 0 aliphatic carbocycles. The molecular formula is C7H12N2O. The van der Waals surface area contributed by atoms with Gasteiger partial charge in [0.15, 0.2) is 0 Å². The van der Waals surface area contributed by atoms with E-state index in [-0.39, 0.29) is 0 Å². The van der Waals surface area contributed by atoms with Crippen molar-refractivity contribution in [1.29, 1.82) is 0 Å². The minimum absolute atomic E-state index is 0.445. The van der Waals surface area contributed by atoms with Gasteiger partial charge in [-0.05, 0) is 0 Å². The molecule has 0 rings (SSSR count). The molecule has 10 heavy (non-hydrogen) atoms. The summed E-state index contributed by atoms with van der Waals surface area (Å²) in [6.07, 6.45) is 3.24. The standard InChI is InChI=1S/C7H12N2O/c1-3-5-9(6-4-2)7(8)10/h3-4H,1-2,5-6H2,(H2,8,10). The maximum atomic E-state index is 10.5. The highest BCUT2D eigenvalue weighted by Gasteiger charge is 2.02. The van der Waals surface area contributed by atoms with E-state index < -0.39 is 6.03 Å². The van der Waals surface area contributed by atoms with Crippen molar-refractivity contribution < 1.29 is 4.79 Å². The molecule has 0 spiro atoms. The van der Waals surface area contributed by atoms with Crippen molar-refractivity contribution in [3.63, 3.8) is 0 Å². The van der Waals surface area contributed by atoms with Crippen LogP contribution in [0.3, 0.4) is 0 Å². The van der Waals surface area contributed by atoms with Crippen LogP contribution in [-0.4, -0.2) is 24.0 Å². The summed E-state index contributed by atoms with van der Waals surface area (Å²) in [6.45, 7) is 7.91. The lowest BCUT2D eigenvalue weighted by molar-refractivity contribution is 0.218. The first-order valence-electron chi connectivity index (χ1n) is 2.98. The van der Waals surface area contributed by atoms with Crippen molar-refractivity contribution >= 4 is 6.03 Å². The van der Waals surface area contributed by atoms with Gasteiger partial charge in [-0.2, -0.15) is 0 Å². The molecule has 0 saturated carbocycles.